The summed E-state index contributed by atoms with van der Waals surface area (Å²) < 4.78 is 1.22. The van der Waals surface area contributed by atoms with Crippen LogP contribution in [0.2, 0.25) is 0 Å². The van der Waals surface area contributed by atoms with Gasteiger partial charge in [-0.1, -0.05) is 137 Å². The third kappa shape index (κ3) is 18.2. The maximum atomic E-state index is 4.07. The number of nitrogens with zero attached hydrogens (tertiary/aromatic N) is 1. The van der Waals surface area contributed by atoms with E-state index >= 15 is 0 Å². The third-order valence-electron chi connectivity index (χ3n) is 7.81. The number of hydrogen-bond donors (Lipinski definition) is 0. The molecule has 32 heavy (non-hydrogen) atoms. The minimum absolute atomic E-state index is 0.821. The van der Waals surface area contributed by atoms with Crippen LogP contribution >= 0.6 is 0 Å². The molecule has 0 aromatic heterocycles. The average Bonchev–Trinajstić information content (AvgIpc) is 2.79. The van der Waals surface area contributed by atoms with Crippen molar-refractivity contribution in [3.05, 3.63) is 12.7 Å². The van der Waals surface area contributed by atoms with Crippen molar-refractivity contribution in [3.8, 4) is 0 Å². The topological polar surface area (TPSA) is 0 Å². The number of rotatable bonds is 26. The maximum Gasteiger partial charge on any atom is 0.0971 e. The van der Waals surface area contributed by atoms with Gasteiger partial charge >= 0.3 is 0 Å². The van der Waals surface area contributed by atoms with Crippen LogP contribution < -0.4 is 0 Å². The van der Waals surface area contributed by atoms with E-state index in [-0.39, 0.29) is 0 Å². The van der Waals surface area contributed by atoms with E-state index in [0.29, 0.717) is 0 Å². The van der Waals surface area contributed by atoms with Crippen molar-refractivity contribution in [1.82, 2.24) is 0 Å². The first-order valence-corrected chi connectivity index (χ1v) is 15.1. The molecule has 1 nitrogen and oxygen atoms in total. The van der Waals surface area contributed by atoms with E-state index in [1.165, 1.54) is 152 Å². The first-order chi connectivity index (χ1) is 15.6. The minimum atomic E-state index is 0.821. The molecule has 0 aliphatic carbocycles. The summed E-state index contributed by atoms with van der Waals surface area (Å²) in [5.41, 5.74) is 0. The molecule has 0 aromatic carbocycles. The van der Waals surface area contributed by atoms with Crippen LogP contribution in [0.3, 0.4) is 0 Å². The highest BCUT2D eigenvalue weighted by Gasteiger charge is 2.29. The highest BCUT2D eigenvalue weighted by Crippen LogP contribution is 2.22. The van der Waals surface area contributed by atoms with Gasteiger partial charge in [0.2, 0.25) is 0 Å². The normalized spacial score (nSPS) is 14.4. The summed E-state index contributed by atoms with van der Waals surface area (Å²) in [7, 11) is 2.49. The average molecular weight is 451 g/mol. The molecular formula is C31H64N+. The van der Waals surface area contributed by atoms with Crippen molar-refractivity contribution < 1.29 is 4.48 Å². The predicted molar refractivity (Wildman–Crippen MR) is 148 cm³/mol. The summed E-state index contributed by atoms with van der Waals surface area (Å²) in [6.07, 6.45) is 33.7. The second-order valence-corrected chi connectivity index (χ2v) is 10.9. The van der Waals surface area contributed by atoms with E-state index in [4.69, 9.17) is 0 Å². The predicted octanol–water partition coefficient (Wildman–Crippen LogP) is 10.6. The highest BCUT2D eigenvalue weighted by molar-refractivity contribution is 4.69. The van der Waals surface area contributed by atoms with Gasteiger partial charge in [0.15, 0.2) is 0 Å². The minimum Gasteiger partial charge on any atom is -0.320 e. The molecule has 0 rings (SSSR count). The number of hydrogen-bond acceptors (Lipinski definition) is 0. The van der Waals surface area contributed by atoms with Crippen LogP contribution in [0, 0.1) is 0 Å². The van der Waals surface area contributed by atoms with Gasteiger partial charge in [-0.05, 0) is 38.2 Å². The fourth-order valence-corrected chi connectivity index (χ4v) is 5.50. The molecule has 0 N–H and O–H groups in total. The van der Waals surface area contributed by atoms with Gasteiger partial charge in [0.25, 0.3) is 0 Å². The zero-order valence-electron chi connectivity index (χ0n) is 23.3. The standard InChI is InChI=1S/C31H64N/c1-6-10-12-14-15-16-17-18-19-20-21-22-23-24-25-26-28-31(9-4)32(5,29-8-3)30-27-13-11-7-2/h8,31H,3,6-7,9-30H2,1-2,4-5H3/q+1. The second-order valence-electron chi connectivity index (χ2n) is 10.9. The van der Waals surface area contributed by atoms with E-state index in [1.54, 1.807) is 0 Å². The zero-order valence-corrected chi connectivity index (χ0v) is 23.3. The van der Waals surface area contributed by atoms with E-state index < -0.39 is 0 Å². The van der Waals surface area contributed by atoms with Gasteiger partial charge in [-0.25, -0.2) is 0 Å². The highest BCUT2D eigenvalue weighted by atomic mass is 15.3. The molecule has 1 heteroatoms. The number of likely N-dealkylation sites (N-methyl/N-ethyl adjacent to an activating group) is 1. The number of unbranched alkanes of at least 4 members (excludes halogenated alkanes) is 18. The smallest absolute Gasteiger partial charge is 0.0971 e. The first kappa shape index (κ1) is 31.7. The lowest BCUT2D eigenvalue weighted by Gasteiger charge is -2.41. The van der Waals surface area contributed by atoms with Crippen molar-refractivity contribution in [1.29, 1.82) is 0 Å². The maximum absolute atomic E-state index is 4.07. The Morgan fingerprint density at radius 2 is 0.938 bits per heavy atom. The van der Waals surface area contributed by atoms with Crippen LogP contribution in [0.15, 0.2) is 12.7 Å². The van der Waals surface area contributed by atoms with Crippen LogP contribution in [-0.2, 0) is 0 Å². The summed E-state index contributed by atoms with van der Waals surface area (Å²) in [5, 5.41) is 0. The van der Waals surface area contributed by atoms with E-state index in [0.717, 1.165) is 12.6 Å². The monoisotopic (exact) mass is 451 g/mol. The lowest BCUT2D eigenvalue weighted by atomic mass is 9.99. The van der Waals surface area contributed by atoms with E-state index in [2.05, 4.69) is 40.5 Å². The van der Waals surface area contributed by atoms with Crippen LogP contribution in [0.4, 0.5) is 0 Å². The Morgan fingerprint density at radius 3 is 1.31 bits per heavy atom. The van der Waals surface area contributed by atoms with Crippen LogP contribution in [0.5, 0.6) is 0 Å². The van der Waals surface area contributed by atoms with Gasteiger partial charge in [-0.15, -0.1) is 0 Å². The largest absolute Gasteiger partial charge is 0.320 e. The molecule has 0 aromatic rings. The lowest BCUT2D eigenvalue weighted by Crippen LogP contribution is -2.52. The Kier molecular flexibility index (Phi) is 23.6. The summed E-state index contributed by atoms with van der Waals surface area (Å²) in [6, 6.07) is 0.821. The van der Waals surface area contributed by atoms with E-state index in [9.17, 15) is 0 Å². The van der Waals surface area contributed by atoms with Crippen molar-refractivity contribution in [3.63, 3.8) is 0 Å². The summed E-state index contributed by atoms with van der Waals surface area (Å²) in [4.78, 5) is 0. The first-order valence-electron chi connectivity index (χ1n) is 15.1. The van der Waals surface area contributed by atoms with Gasteiger partial charge in [0, 0.05) is 0 Å². The van der Waals surface area contributed by atoms with Gasteiger partial charge in [-0.2, -0.15) is 0 Å². The van der Waals surface area contributed by atoms with Crippen molar-refractivity contribution in [2.45, 2.75) is 168 Å². The Labute approximate surface area is 205 Å². The molecular weight excluding hydrogens is 386 g/mol. The quantitative estimate of drug-likeness (QED) is 0.0698. The molecule has 0 heterocycles. The van der Waals surface area contributed by atoms with Crippen molar-refractivity contribution >= 4 is 0 Å². The third-order valence-corrected chi connectivity index (χ3v) is 7.81. The Bertz CT molecular complexity index is 377. The molecule has 192 valence electrons. The fraction of sp³-hybridized carbons (Fsp3) is 0.935. The van der Waals surface area contributed by atoms with E-state index in [1.807, 2.05) is 0 Å². The van der Waals surface area contributed by atoms with Crippen molar-refractivity contribution in [2.24, 2.45) is 0 Å². The zero-order chi connectivity index (χ0) is 23.8. The van der Waals surface area contributed by atoms with Gasteiger partial charge < -0.3 is 4.48 Å². The molecule has 2 atom stereocenters. The van der Waals surface area contributed by atoms with Crippen molar-refractivity contribution in [2.75, 3.05) is 20.1 Å². The van der Waals surface area contributed by atoms with Crippen LogP contribution in [0.25, 0.3) is 0 Å². The summed E-state index contributed by atoms with van der Waals surface area (Å²) in [6.45, 7) is 13.6. The molecule has 0 bridgehead atoms. The molecule has 0 fully saturated rings. The SMILES string of the molecule is C=CC[N+](C)(CCCCCC)C(CC)CCCCCCCCCCCCCCCCCC. The van der Waals surface area contributed by atoms with Gasteiger partial charge in [0.1, 0.15) is 0 Å². The summed E-state index contributed by atoms with van der Waals surface area (Å²) >= 11 is 0. The molecule has 0 aliphatic heterocycles. The molecule has 0 saturated carbocycles. The Morgan fingerprint density at radius 1 is 0.562 bits per heavy atom. The molecule has 0 amide bonds. The summed E-state index contributed by atoms with van der Waals surface area (Å²) in [5.74, 6) is 0. The molecule has 0 aliphatic rings. The van der Waals surface area contributed by atoms with Gasteiger partial charge in [0.05, 0.1) is 26.2 Å². The van der Waals surface area contributed by atoms with Crippen LogP contribution in [-0.4, -0.2) is 30.7 Å². The Balaban J connectivity index is 3.69. The molecule has 0 saturated heterocycles. The van der Waals surface area contributed by atoms with Gasteiger partial charge in [-0.3, -0.25) is 0 Å². The Hall–Kier alpha value is -0.300. The second kappa shape index (κ2) is 23.8. The molecule has 2 unspecified atom stereocenters. The molecule has 0 spiro atoms. The number of quaternary nitrogens is 1. The van der Waals surface area contributed by atoms with Crippen LogP contribution in [0.1, 0.15) is 162 Å². The molecule has 0 radical (unpaired) electrons. The fourth-order valence-electron chi connectivity index (χ4n) is 5.50. The lowest BCUT2D eigenvalue weighted by molar-refractivity contribution is -0.929.